The van der Waals surface area contributed by atoms with Gasteiger partial charge >= 0.3 is 29.8 Å². The van der Waals surface area contributed by atoms with Crippen LogP contribution in [0, 0.1) is 5.41 Å². The van der Waals surface area contributed by atoms with E-state index in [9.17, 15) is 24.0 Å². The summed E-state index contributed by atoms with van der Waals surface area (Å²) in [4.78, 5) is 59.5. The molecule has 0 bridgehead atoms. The monoisotopic (exact) mass is 602 g/mol. The highest BCUT2D eigenvalue weighted by Gasteiger charge is 2.38. The third-order valence-electron chi connectivity index (χ3n) is 4.60. The smallest absolute Gasteiger partial charge is 0.306 e. The topological polar surface area (TPSA) is 142 Å². The predicted molar refractivity (Wildman–Crippen MR) is 149 cm³/mol. The molecule has 0 saturated carbocycles. The Balaban J connectivity index is 5.37. The van der Waals surface area contributed by atoms with Gasteiger partial charge in [0, 0.05) is 28.8 Å². The van der Waals surface area contributed by atoms with Crippen LogP contribution in [-0.4, -0.2) is 109 Å². The highest BCUT2D eigenvalue weighted by atomic mass is 32.2. The Morgan fingerprint density at radius 1 is 0.541 bits per heavy atom. The average molecular weight is 603 g/mol. The van der Waals surface area contributed by atoms with Gasteiger partial charge in [-0.3, -0.25) is 24.0 Å². The SMILES string of the molecule is CSCCC(=O)OCC(COC(=O)CCSC)(COC(=O)CCSC)COC(=O)CCSCCC(=O)O. The molecule has 0 aromatic rings. The lowest BCUT2D eigenvalue weighted by molar-refractivity contribution is -0.170. The van der Waals surface area contributed by atoms with Crippen molar-refractivity contribution in [1.82, 2.24) is 0 Å². The number of ether oxygens (including phenoxy) is 4. The molecule has 37 heavy (non-hydrogen) atoms. The zero-order chi connectivity index (χ0) is 27.9. The Hall–Kier alpha value is -1.25. The summed E-state index contributed by atoms with van der Waals surface area (Å²) in [6.07, 6.45) is 6.13. The number of hydrogen-bond donors (Lipinski definition) is 1. The van der Waals surface area contributed by atoms with Gasteiger partial charge in [-0.05, 0) is 18.8 Å². The predicted octanol–water partition coefficient (Wildman–Crippen LogP) is 3.00. The van der Waals surface area contributed by atoms with Crippen LogP contribution in [0.3, 0.4) is 0 Å². The second kappa shape index (κ2) is 22.7. The van der Waals surface area contributed by atoms with E-state index >= 15 is 0 Å². The first kappa shape index (κ1) is 35.8. The summed E-state index contributed by atoms with van der Waals surface area (Å²) >= 11 is 5.77. The number of carbonyl (C=O) groups is 5. The van der Waals surface area contributed by atoms with E-state index in [1.54, 1.807) is 0 Å². The third kappa shape index (κ3) is 20.4. The molecule has 0 radical (unpaired) electrons. The van der Waals surface area contributed by atoms with Gasteiger partial charge < -0.3 is 24.1 Å². The first-order valence-corrected chi connectivity index (χ1v) is 16.9. The number of carbonyl (C=O) groups excluding carboxylic acids is 4. The van der Waals surface area contributed by atoms with Crippen LogP contribution in [0.1, 0.15) is 32.1 Å². The Kier molecular flexibility index (Phi) is 21.9. The van der Waals surface area contributed by atoms with Crippen LogP contribution in [0.15, 0.2) is 0 Å². The molecule has 10 nitrogen and oxygen atoms in total. The van der Waals surface area contributed by atoms with Crippen molar-refractivity contribution in [1.29, 1.82) is 0 Å². The molecule has 0 aliphatic carbocycles. The second-order valence-corrected chi connectivity index (χ2v) is 12.1. The van der Waals surface area contributed by atoms with Crippen molar-refractivity contribution in [3.8, 4) is 0 Å². The number of rotatable bonds is 23. The summed E-state index contributed by atoms with van der Waals surface area (Å²) in [6.45, 7) is -1.11. The minimum Gasteiger partial charge on any atom is -0.481 e. The van der Waals surface area contributed by atoms with E-state index in [1.807, 2.05) is 18.8 Å². The van der Waals surface area contributed by atoms with Crippen molar-refractivity contribution in [2.24, 2.45) is 5.41 Å². The van der Waals surface area contributed by atoms with Crippen LogP contribution < -0.4 is 0 Å². The van der Waals surface area contributed by atoms with Crippen LogP contribution in [0.25, 0.3) is 0 Å². The number of esters is 4. The van der Waals surface area contributed by atoms with Gasteiger partial charge in [-0.2, -0.15) is 47.0 Å². The quantitative estimate of drug-likeness (QED) is 0.104. The van der Waals surface area contributed by atoms with Crippen LogP contribution in [0.5, 0.6) is 0 Å². The summed E-state index contributed by atoms with van der Waals surface area (Å²) < 4.78 is 21.7. The standard InChI is InChI=1S/C23H38O10S4/c1-34-9-5-19(26)30-14-23(15-31-20(27)6-10-35-2,16-32-21(28)7-11-36-3)17-33-22(29)8-13-37-12-4-18(24)25/h4-17H2,1-3H3,(H,24,25). The van der Waals surface area contributed by atoms with Gasteiger partial charge in [0.25, 0.3) is 0 Å². The van der Waals surface area contributed by atoms with Gasteiger partial charge in [0.15, 0.2) is 0 Å². The molecular weight excluding hydrogens is 565 g/mol. The maximum atomic E-state index is 12.3. The maximum absolute atomic E-state index is 12.3. The molecule has 0 amide bonds. The van der Waals surface area contributed by atoms with E-state index in [0.29, 0.717) is 28.8 Å². The van der Waals surface area contributed by atoms with E-state index in [-0.39, 0.29) is 58.5 Å². The average Bonchev–Trinajstić information content (AvgIpc) is 2.88. The molecule has 0 aromatic heterocycles. The molecule has 0 spiro atoms. The van der Waals surface area contributed by atoms with Crippen molar-refractivity contribution in [2.45, 2.75) is 32.1 Å². The zero-order valence-corrected chi connectivity index (χ0v) is 24.9. The van der Waals surface area contributed by atoms with Gasteiger partial charge in [-0.15, -0.1) is 0 Å². The Morgan fingerprint density at radius 3 is 1.14 bits per heavy atom. The highest BCUT2D eigenvalue weighted by Crippen LogP contribution is 2.23. The second-order valence-electron chi connectivity index (χ2n) is 7.88. The van der Waals surface area contributed by atoms with Crippen LogP contribution in [0.4, 0.5) is 0 Å². The number of carboxylic acids is 1. The molecule has 0 heterocycles. The lowest BCUT2D eigenvalue weighted by atomic mass is 9.92. The fourth-order valence-corrected chi connectivity index (χ4v) is 4.39. The minimum atomic E-state index is -1.27. The molecular formula is C23H38O10S4. The normalized spacial score (nSPS) is 11.0. The minimum absolute atomic E-state index is 0.00542. The lowest BCUT2D eigenvalue weighted by Gasteiger charge is -2.31. The van der Waals surface area contributed by atoms with Crippen molar-refractivity contribution >= 4 is 76.9 Å². The highest BCUT2D eigenvalue weighted by molar-refractivity contribution is 7.99. The molecule has 214 valence electrons. The molecule has 14 heteroatoms. The number of thioether (sulfide) groups is 4. The largest absolute Gasteiger partial charge is 0.481 e. The number of aliphatic carboxylic acids is 1. The Labute approximate surface area is 235 Å². The fourth-order valence-electron chi connectivity index (χ4n) is 2.45. The van der Waals surface area contributed by atoms with E-state index in [2.05, 4.69) is 0 Å². The van der Waals surface area contributed by atoms with Crippen molar-refractivity contribution in [3.05, 3.63) is 0 Å². The summed E-state index contributed by atoms with van der Waals surface area (Å²) in [5.74, 6) is -0.441. The van der Waals surface area contributed by atoms with Crippen LogP contribution >= 0.6 is 47.0 Å². The summed E-state index contributed by atoms with van der Waals surface area (Å²) in [5.41, 5.74) is -1.27. The molecule has 1 N–H and O–H groups in total. The third-order valence-corrected chi connectivity index (χ3v) is 7.42. The molecule has 0 aliphatic rings. The van der Waals surface area contributed by atoms with E-state index in [4.69, 9.17) is 24.1 Å². The van der Waals surface area contributed by atoms with Gasteiger partial charge in [-0.25, -0.2) is 0 Å². The number of hydrogen-bond acceptors (Lipinski definition) is 13. The fraction of sp³-hybridized carbons (Fsp3) is 0.783. The van der Waals surface area contributed by atoms with E-state index < -0.39 is 35.3 Å². The molecule has 0 aromatic carbocycles. The molecule has 0 atom stereocenters. The lowest BCUT2D eigenvalue weighted by Crippen LogP contribution is -2.44. The molecule has 0 fully saturated rings. The zero-order valence-electron chi connectivity index (χ0n) is 21.7. The van der Waals surface area contributed by atoms with Gasteiger partial charge in [0.1, 0.15) is 31.8 Å². The Bertz CT molecular complexity index is 645. The summed E-state index contributed by atoms with van der Waals surface area (Å²) in [5, 5.41) is 8.69. The molecule has 0 aliphatic heterocycles. The molecule has 0 rings (SSSR count). The summed E-state index contributed by atoms with van der Waals surface area (Å²) in [7, 11) is 0. The molecule has 0 saturated heterocycles. The maximum Gasteiger partial charge on any atom is 0.306 e. The first-order valence-electron chi connectivity index (χ1n) is 11.6. The van der Waals surface area contributed by atoms with Crippen LogP contribution in [0.2, 0.25) is 0 Å². The first-order chi connectivity index (χ1) is 17.7. The van der Waals surface area contributed by atoms with Gasteiger partial charge in [0.2, 0.25) is 0 Å². The van der Waals surface area contributed by atoms with E-state index in [0.717, 1.165) is 0 Å². The molecule has 0 unspecified atom stereocenters. The van der Waals surface area contributed by atoms with Crippen molar-refractivity contribution in [2.75, 3.05) is 74.0 Å². The van der Waals surface area contributed by atoms with Gasteiger partial charge in [-0.1, -0.05) is 0 Å². The summed E-state index contributed by atoms with van der Waals surface area (Å²) in [6, 6.07) is 0. The van der Waals surface area contributed by atoms with Gasteiger partial charge in [0.05, 0.1) is 32.1 Å². The van der Waals surface area contributed by atoms with Crippen molar-refractivity contribution < 1.29 is 48.0 Å². The van der Waals surface area contributed by atoms with Crippen LogP contribution in [-0.2, 0) is 42.9 Å². The van der Waals surface area contributed by atoms with E-state index in [1.165, 1.54) is 47.0 Å². The Morgan fingerprint density at radius 2 is 0.838 bits per heavy atom. The number of carboxylic acid groups (broad SMARTS) is 1. The van der Waals surface area contributed by atoms with Crippen molar-refractivity contribution in [3.63, 3.8) is 0 Å².